The van der Waals surface area contributed by atoms with Crippen LogP contribution in [0.1, 0.15) is 5.56 Å². The van der Waals surface area contributed by atoms with Crippen LogP contribution < -0.4 is 4.57 Å². The SMILES string of the molecule is Cc1ccnc(-c2[c-]cc3sc4ccccc4c3c2)c1.[CH2-][n+]1ccccc1-c1[c-]cccc1.[Ir].[c-]1ccccc1-c1ccccn1. The van der Waals surface area contributed by atoms with E-state index in [4.69, 9.17) is 0 Å². The van der Waals surface area contributed by atoms with Crippen LogP contribution >= 0.6 is 11.3 Å². The van der Waals surface area contributed by atoms with Gasteiger partial charge < -0.3 is 14.5 Å². The molecule has 0 N–H and O–H groups in total. The summed E-state index contributed by atoms with van der Waals surface area (Å²) in [6.45, 7) is 2.09. The van der Waals surface area contributed by atoms with Gasteiger partial charge in [0.05, 0.1) is 6.20 Å². The van der Waals surface area contributed by atoms with Gasteiger partial charge in [0.25, 0.3) is 0 Å². The smallest absolute Gasteiger partial charge is 0.115 e. The number of nitrogens with zero attached hydrogens (tertiary/aromatic N) is 3. The van der Waals surface area contributed by atoms with Gasteiger partial charge in [-0.3, -0.25) is 0 Å². The van der Waals surface area contributed by atoms with Gasteiger partial charge in [-0.05, 0) is 52.7 Å². The normalized spacial score (nSPS) is 10.2. The molecule has 4 aromatic carbocycles. The summed E-state index contributed by atoms with van der Waals surface area (Å²) in [7, 11) is 3.89. The van der Waals surface area contributed by atoms with Crippen LogP contribution in [0.15, 0.2) is 152 Å². The number of benzene rings is 4. The molecule has 0 fully saturated rings. The standard InChI is InChI=1S/C18H12NS.C12H10N.C11H8N.Ir/c1-12-8-9-19-16(10-12)13-6-7-18-15(11-13)14-4-2-3-5-17(14)20-18;1-13-10-6-5-9-12(13)11-7-3-2-4-8-11;1-2-6-10(7-3-1)11-8-4-5-9-12-11;/h2-5,7-11H,1H3;2-7,9-10H,1H2;1-6,8-9H;/q3*-1;. The number of aryl methyl sites for hydroxylation is 1. The zero-order valence-electron chi connectivity index (χ0n) is 25.2. The summed E-state index contributed by atoms with van der Waals surface area (Å²) in [6, 6.07) is 54.2. The van der Waals surface area contributed by atoms with Crippen molar-refractivity contribution in [2.24, 2.45) is 0 Å². The summed E-state index contributed by atoms with van der Waals surface area (Å²) < 4.78 is 4.44. The van der Waals surface area contributed by atoms with Gasteiger partial charge in [0.15, 0.2) is 0 Å². The van der Waals surface area contributed by atoms with Gasteiger partial charge in [-0.15, -0.1) is 90.0 Å². The van der Waals surface area contributed by atoms with Crippen LogP contribution in [0.25, 0.3) is 53.9 Å². The van der Waals surface area contributed by atoms with Gasteiger partial charge in [-0.1, -0.05) is 65.0 Å². The van der Waals surface area contributed by atoms with Gasteiger partial charge in [0.1, 0.15) is 5.69 Å². The predicted molar refractivity (Wildman–Crippen MR) is 186 cm³/mol. The topological polar surface area (TPSA) is 29.7 Å². The second-order valence-electron chi connectivity index (χ2n) is 10.3. The molecule has 0 atom stereocenters. The van der Waals surface area contributed by atoms with Gasteiger partial charge in [-0.2, -0.15) is 11.3 Å². The van der Waals surface area contributed by atoms with E-state index in [0.29, 0.717) is 0 Å². The van der Waals surface area contributed by atoms with Crippen molar-refractivity contribution >= 4 is 31.5 Å². The molecule has 0 aliphatic carbocycles. The van der Waals surface area contributed by atoms with Crippen LogP contribution in [0.5, 0.6) is 0 Å². The Morgan fingerprint density at radius 1 is 0.609 bits per heavy atom. The third kappa shape index (κ3) is 8.01. The van der Waals surface area contributed by atoms with E-state index in [2.05, 4.69) is 84.6 Å². The van der Waals surface area contributed by atoms with E-state index in [0.717, 1.165) is 33.8 Å². The minimum Gasteiger partial charge on any atom is -0.321 e. The number of hydrogen-bond donors (Lipinski definition) is 0. The molecule has 46 heavy (non-hydrogen) atoms. The maximum absolute atomic E-state index is 4.45. The average molecular weight is 789 g/mol. The van der Waals surface area contributed by atoms with E-state index >= 15 is 0 Å². The number of fused-ring (bicyclic) bond motifs is 3. The number of aromatic nitrogens is 3. The largest absolute Gasteiger partial charge is 0.321 e. The molecule has 1 radical (unpaired) electrons. The summed E-state index contributed by atoms with van der Waals surface area (Å²) in [6.07, 6.45) is 5.57. The van der Waals surface area contributed by atoms with Crippen molar-refractivity contribution in [1.82, 2.24) is 9.97 Å². The molecule has 5 heteroatoms. The third-order valence-corrected chi connectivity index (χ3v) is 8.21. The Hall–Kier alpha value is -4.93. The maximum atomic E-state index is 4.45. The molecule has 3 nitrogen and oxygen atoms in total. The van der Waals surface area contributed by atoms with Crippen molar-refractivity contribution in [3.63, 3.8) is 0 Å². The van der Waals surface area contributed by atoms with E-state index in [1.165, 1.54) is 25.7 Å². The van der Waals surface area contributed by atoms with Crippen molar-refractivity contribution in [2.45, 2.75) is 6.92 Å². The Kier molecular flexibility index (Phi) is 11.2. The van der Waals surface area contributed by atoms with Crippen LogP contribution in [0.3, 0.4) is 0 Å². The van der Waals surface area contributed by atoms with E-state index in [1.807, 2.05) is 119 Å². The molecular formula is C41H30IrN3S-3. The molecule has 0 aliphatic heterocycles. The van der Waals surface area contributed by atoms with Crippen LogP contribution in [0.2, 0.25) is 0 Å². The molecule has 0 unspecified atom stereocenters. The van der Waals surface area contributed by atoms with Crippen LogP contribution in [-0.4, -0.2) is 9.97 Å². The number of hydrogen-bond acceptors (Lipinski definition) is 3. The van der Waals surface area contributed by atoms with Gasteiger partial charge in [0.2, 0.25) is 0 Å². The molecule has 8 aromatic rings. The van der Waals surface area contributed by atoms with Crippen molar-refractivity contribution in [3.05, 3.63) is 183 Å². The molecule has 4 heterocycles. The Morgan fingerprint density at radius 2 is 1.33 bits per heavy atom. The number of thiophene rings is 1. The molecule has 227 valence electrons. The Morgan fingerprint density at radius 3 is 2.04 bits per heavy atom. The van der Waals surface area contributed by atoms with Crippen molar-refractivity contribution in [2.75, 3.05) is 0 Å². The molecule has 0 spiro atoms. The second kappa shape index (κ2) is 15.9. The zero-order valence-corrected chi connectivity index (χ0v) is 28.4. The molecule has 0 aliphatic rings. The van der Waals surface area contributed by atoms with E-state index in [1.54, 1.807) is 6.20 Å². The summed E-state index contributed by atoms with van der Waals surface area (Å²) in [5.74, 6) is 0. The van der Waals surface area contributed by atoms with Crippen LogP contribution in [0.4, 0.5) is 0 Å². The first kappa shape index (κ1) is 32.5. The fourth-order valence-electron chi connectivity index (χ4n) is 4.85. The van der Waals surface area contributed by atoms with Gasteiger partial charge in [-0.25, -0.2) is 0 Å². The number of rotatable bonds is 3. The minimum atomic E-state index is 0. The minimum absolute atomic E-state index is 0. The molecule has 8 rings (SSSR count). The zero-order chi connectivity index (χ0) is 30.8. The fourth-order valence-corrected chi connectivity index (χ4v) is 5.92. The van der Waals surface area contributed by atoms with Crippen molar-refractivity contribution < 1.29 is 24.7 Å². The second-order valence-corrected chi connectivity index (χ2v) is 11.3. The average Bonchev–Trinajstić information content (AvgIpc) is 3.48. The predicted octanol–water partition coefficient (Wildman–Crippen LogP) is 9.85. The maximum Gasteiger partial charge on any atom is 0.115 e. The number of pyridine rings is 3. The molecular weight excluding hydrogens is 759 g/mol. The monoisotopic (exact) mass is 789 g/mol. The molecule has 0 bridgehead atoms. The quantitative estimate of drug-likeness (QED) is 0.132. The first-order chi connectivity index (χ1) is 22.2. The first-order valence-corrected chi connectivity index (χ1v) is 15.4. The van der Waals surface area contributed by atoms with Gasteiger partial charge in [0, 0.05) is 44.2 Å². The Bertz CT molecular complexity index is 2090. The first-order valence-electron chi connectivity index (χ1n) is 14.6. The summed E-state index contributed by atoms with van der Waals surface area (Å²) in [5.41, 5.74) is 7.42. The Labute approximate surface area is 288 Å². The third-order valence-electron chi connectivity index (χ3n) is 7.08. The molecule has 0 saturated heterocycles. The van der Waals surface area contributed by atoms with Crippen LogP contribution in [0, 0.1) is 32.2 Å². The molecule has 0 amide bonds. The Balaban J connectivity index is 0.000000141. The van der Waals surface area contributed by atoms with Crippen molar-refractivity contribution in [3.8, 4) is 33.8 Å². The summed E-state index contributed by atoms with van der Waals surface area (Å²) >= 11 is 1.82. The summed E-state index contributed by atoms with van der Waals surface area (Å²) in [4.78, 5) is 8.67. The fraction of sp³-hybridized carbons (Fsp3) is 0.0244. The van der Waals surface area contributed by atoms with Crippen LogP contribution in [-0.2, 0) is 20.1 Å². The molecule has 0 saturated carbocycles. The van der Waals surface area contributed by atoms with E-state index in [9.17, 15) is 0 Å². The van der Waals surface area contributed by atoms with Gasteiger partial charge >= 0.3 is 0 Å². The van der Waals surface area contributed by atoms with E-state index < -0.39 is 0 Å². The summed E-state index contributed by atoms with van der Waals surface area (Å²) in [5, 5.41) is 2.61. The van der Waals surface area contributed by atoms with E-state index in [-0.39, 0.29) is 20.1 Å². The van der Waals surface area contributed by atoms with Crippen molar-refractivity contribution in [1.29, 1.82) is 0 Å². The molecule has 4 aromatic heterocycles.